The minimum absolute atomic E-state index is 0.303. The maximum Gasteiger partial charge on any atom is 0.137 e. The lowest BCUT2D eigenvalue weighted by molar-refractivity contribution is 0.182. The Bertz CT molecular complexity index is 549. The molecule has 0 saturated heterocycles. The summed E-state index contributed by atoms with van der Waals surface area (Å²) in [6.45, 7) is 1.98. The van der Waals surface area contributed by atoms with E-state index in [1.54, 1.807) is 6.07 Å². The van der Waals surface area contributed by atoms with Gasteiger partial charge in [-0.3, -0.25) is 0 Å². The summed E-state index contributed by atoms with van der Waals surface area (Å²) in [4.78, 5) is 0.885. The lowest BCUT2D eigenvalue weighted by atomic mass is 10.1. The van der Waals surface area contributed by atoms with Gasteiger partial charge in [0.05, 0.1) is 14.4 Å². The zero-order chi connectivity index (χ0) is 13.3. The molecule has 1 aromatic carbocycles. The Morgan fingerprint density at radius 1 is 1.39 bits per heavy atom. The van der Waals surface area contributed by atoms with Crippen molar-refractivity contribution in [3.63, 3.8) is 0 Å². The van der Waals surface area contributed by atoms with Gasteiger partial charge in [0, 0.05) is 11.3 Å². The van der Waals surface area contributed by atoms with Gasteiger partial charge in [-0.2, -0.15) is 0 Å². The third-order valence-corrected chi connectivity index (χ3v) is 5.78. The highest BCUT2D eigenvalue weighted by Gasteiger charge is 2.15. The zero-order valence-electron chi connectivity index (χ0n) is 9.58. The highest BCUT2D eigenvalue weighted by atomic mass is 79.9. The summed E-state index contributed by atoms with van der Waals surface area (Å²) < 4.78 is 14.8. The molecule has 96 valence electrons. The molecule has 0 amide bonds. The van der Waals surface area contributed by atoms with E-state index in [0.29, 0.717) is 10.9 Å². The maximum atomic E-state index is 13.4. The van der Waals surface area contributed by atoms with E-state index in [4.69, 9.17) is 0 Å². The first-order chi connectivity index (χ1) is 8.49. The molecule has 0 aliphatic rings. The number of aliphatic hydroxyl groups is 1. The number of benzene rings is 1. The van der Waals surface area contributed by atoms with Crippen molar-refractivity contribution in [3.05, 3.63) is 54.3 Å². The Kier molecular flexibility index (Phi) is 4.59. The number of halogens is 3. The topological polar surface area (TPSA) is 20.2 Å². The molecule has 1 nitrogen and oxygen atoms in total. The van der Waals surface area contributed by atoms with Crippen LogP contribution in [0, 0.1) is 12.7 Å². The summed E-state index contributed by atoms with van der Waals surface area (Å²) in [5.74, 6) is -0.303. The van der Waals surface area contributed by atoms with Crippen LogP contribution in [-0.2, 0) is 6.42 Å². The Balaban J connectivity index is 2.21. The highest BCUT2D eigenvalue weighted by molar-refractivity contribution is 9.11. The van der Waals surface area contributed by atoms with E-state index in [9.17, 15) is 9.50 Å². The van der Waals surface area contributed by atoms with Gasteiger partial charge < -0.3 is 5.11 Å². The first kappa shape index (κ1) is 14.2. The number of thiophene rings is 1. The van der Waals surface area contributed by atoms with Gasteiger partial charge in [-0.05, 0) is 62.0 Å². The molecule has 1 unspecified atom stereocenters. The van der Waals surface area contributed by atoms with Crippen LogP contribution in [0.5, 0.6) is 0 Å². The van der Waals surface area contributed by atoms with Gasteiger partial charge in [0.2, 0.25) is 0 Å². The summed E-state index contributed by atoms with van der Waals surface area (Å²) in [6.07, 6.45) is -0.219. The standard InChI is InChI=1S/C13H11Br2FOS/c1-7-5-11(18-13(7)15)10(17)6-8-3-2-4-9(16)12(8)14/h2-5,10,17H,6H2,1H3. The van der Waals surface area contributed by atoms with Crippen molar-refractivity contribution in [2.45, 2.75) is 19.4 Å². The lowest BCUT2D eigenvalue weighted by Crippen LogP contribution is -2.01. The van der Waals surface area contributed by atoms with Gasteiger partial charge >= 0.3 is 0 Å². The third-order valence-electron chi connectivity index (χ3n) is 2.65. The Morgan fingerprint density at radius 2 is 2.11 bits per heavy atom. The van der Waals surface area contributed by atoms with Crippen molar-refractivity contribution in [2.75, 3.05) is 0 Å². The molecule has 2 aromatic rings. The fourth-order valence-corrected chi connectivity index (χ4v) is 3.65. The molecular formula is C13H11Br2FOS. The quantitative estimate of drug-likeness (QED) is 0.778. The SMILES string of the molecule is Cc1cc(C(O)Cc2cccc(F)c2Br)sc1Br. The van der Waals surface area contributed by atoms with Gasteiger partial charge in [-0.25, -0.2) is 4.39 Å². The van der Waals surface area contributed by atoms with E-state index in [2.05, 4.69) is 31.9 Å². The van der Waals surface area contributed by atoms with E-state index in [0.717, 1.165) is 19.8 Å². The fraction of sp³-hybridized carbons (Fsp3) is 0.231. The van der Waals surface area contributed by atoms with Crippen molar-refractivity contribution >= 4 is 43.2 Å². The molecule has 0 spiro atoms. The maximum absolute atomic E-state index is 13.4. The molecule has 1 N–H and O–H groups in total. The molecule has 0 saturated carbocycles. The monoisotopic (exact) mass is 392 g/mol. The van der Waals surface area contributed by atoms with Crippen LogP contribution in [0.2, 0.25) is 0 Å². The number of hydrogen-bond acceptors (Lipinski definition) is 2. The molecule has 0 bridgehead atoms. The number of rotatable bonds is 3. The Morgan fingerprint density at radius 3 is 2.72 bits per heavy atom. The van der Waals surface area contributed by atoms with E-state index < -0.39 is 6.10 Å². The molecule has 1 atom stereocenters. The van der Waals surface area contributed by atoms with E-state index in [-0.39, 0.29) is 5.82 Å². The van der Waals surface area contributed by atoms with Crippen LogP contribution in [-0.4, -0.2) is 5.11 Å². The average Bonchev–Trinajstić information content (AvgIpc) is 2.66. The molecule has 0 radical (unpaired) electrons. The molecule has 2 rings (SSSR count). The fourth-order valence-electron chi connectivity index (χ4n) is 1.66. The molecule has 0 aliphatic carbocycles. The Labute approximate surface area is 126 Å². The summed E-state index contributed by atoms with van der Waals surface area (Å²) in [5.41, 5.74) is 1.87. The van der Waals surface area contributed by atoms with E-state index in [1.165, 1.54) is 17.4 Å². The van der Waals surface area contributed by atoms with Crippen molar-refractivity contribution in [1.29, 1.82) is 0 Å². The predicted molar refractivity (Wildman–Crippen MR) is 79.5 cm³/mol. The molecular weight excluding hydrogens is 383 g/mol. The van der Waals surface area contributed by atoms with Gasteiger partial charge in [0.15, 0.2) is 0 Å². The van der Waals surface area contributed by atoms with Crippen LogP contribution in [0.15, 0.2) is 32.5 Å². The predicted octanol–water partition coefficient (Wildman–Crippen LogP) is 5.00. The largest absolute Gasteiger partial charge is 0.387 e. The highest BCUT2D eigenvalue weighted by Crippen LogP contribution is 2.34. The van der Waals surface area contributed by atoms with Gasteiger partial charge in [0.25, 0.3) is 0 Å². The van der Waals surface area contributed by atoms with Crippen molar-refractivity contribution in [1.82, 2.24) is 0 Å². The van der Waals surface area contributed by atoms with E-state index in [1.807, 2.05) is 19.1 Å². The molecule has 18 heavy (non-hydrogen) atoms. The zero-order valence-corrected chi connectivity index (χ0v) is 13.6. The van der Waals surface area contributed by atoms with Crippen LogP contribution in [0.25, 0.3) is 0 Å². The van der Waals surface area contributed by atoms with Crippen LogP contribution >= 0.6 is 43.2 Å². The summed E-state index contributed by atoms with van der Waals surface area (Å²) in [6, 6.07) is 6.81. The lowest BCUT2D eigenvalue weighted by Gasteiger charge is -2.10. The van der Waals surface area contributed by atoms with Crippen molar-refractivity contribution in [2.24, 2.45) is 0 Å². The minimum Gasteiger partial charge on any atom is -0.387 e. The molecule has 1 heterocycles. The smallest absolute Gasteiger partial charge is 0.137 e. The molecule has 0 aliphatic heterocycles. The molecule has 1 aromatic heterocycles. The van der Waals surface area contributed by atoms with Crippen LogP contribution in [0.3, 0.4) is 0 Å². The summed E-state index contributed by atoms with van der Waals surface area (Å²) >= 11 is 8.15. The van der Waals surface area contributed by atoms with Gasteiger partial charge in [-0.15, -0.1) is 11.3 Å². The minimum atomic E-state index is -0.613. The van der Waals surface area contributed by atoms with Crippen LogP contribution in [0.4, 0.5) is 4.39 Å². The third kappa shape index (κ3) is 3.02. The number of hydrogen-bond donors (Lipinski definition) is 1. The second-order valence-electron chi connectivity index (χ2n) is 4.04. The van der Waals surface area contributed by atoms with E-state index >= 15 is 0 Å². The second-order valence-corrected chi connectivity index (χ2v) is 7.23. The van der Waals surface area contributed by atoms with Crippen LogP contribution in [0.1, 0.15) is 22.1 Å². The summed E-state index contributed by atoms with van der Waals surface area (Å²) in [5, 5.41) is 10.2. The average molecular weight is 394 g/mol. The summed E-state index contributed by atoms with van der Waals surface area (Å²) in [7, 11) is 0. The van der Waals surface area contributed by atoms with Crippen molar-refractivity contribution < 1.29 is 9.50 Å². The number of aryl methyl sites for hydroxylation is 1. The van der Waals surface area contributed by atoms with Crippen LogP contribution < -0.4 is 0 Å². The molecule has 5 heteroatoms. The van der Waals surface area contributed by atoms with Gasteiger partial charge in [0.1, 0.15) is 5.82 Å². The van der Waals surface area contributed by atoms with Crippen molar-refractivity contribution in [3.8, 4) is 0 Å². The first-order valence-corrected chi connectivity index (χ1v) is 7.76. The number of aliphatic hydroxyl groups excluding tert-OH is 1. The normalized spacial score (nSPS) is 12.7. The van der Waals surface area contributed by atoms with Gasteiger partial charge in [-0.1, -0.05) is 12.1 Å². The molecule has 0 fully saturated rings. The Hall–Kier alpha value is -0.230. The first-order valence-electron chi connectivity index (χ1n) is 5.36. The second kappa shape index (κ2) is 5.82.